The van der Waals surface area contributed by atoms with Gasteiger partial charge < -0.3 is 14.2 Å². The summed E-state index contributed by atoms with van der Waals surface area (Å²) < 4.78 is 18.5. The smallest absolute Gasteiger partial charge is 0.452 e. The Morgan fingerprint density at radius 2 is 1.76 bits per heavy atom. The van der Waals surface area contributed by atoms with Crippen molar-refractivity contribution < 1.29 is 19.0 Å². The molecule has 3 unspecified atom stereocenters. The summed E-state index contributed by atoms with van der Waals surface area (Å²) in [6, 6.07) is 8.16. The molecule has 1 aromatic carbocycles. The zero-order chi connectivity index (χ0) is 25.2. The van der Waals surface area contributed by atoms with Crippen LogP contribution < -0.4 is 0 Å². The van der Waals surface area contributed by atoms with Crippen molar-refractivity contribution in [1.29, 1.82) is 0 Å². The van der Waals surface area contributed by atoms with Crippen LogP contribution in [0.15, 0.2) is 29.3 Å². The van der Waals surface area contributed by atoms with Crippen molar-refractivity contribution >= 4 is 35.3 Å². The standard InChI is InChI=1S/C26H34ClN3O4/c1-9-15(2)32-25(31)34-17(4)33-24(23-22(27)16(3)29-30(23)8)21(20-14-28-20)18-10-12-19(13-11-18)26(5,6)7/h10-15,17,20H,9H2,1-8H3/b24-21+. The van der Waals surface area contributed by atoms with Gasteiger partial charge in [0.2, 0.25) is 6.29 Å². The zero-order valence-corrected chi connectivity index (χ0v) is 21.9. The Balaban J connectivity index is 2.05. The zero-order valence-electron chi connectivity index (χ0n) is 21.2. The number of halogens is 1. The molecule has 1 aromatic heterocycles. The molecular formula is C26H34ClN3O4. The van der Waals surface area contributed by atoms with Gasteiger partial charge in [0, 0.05) is 25.8 Å². The molecule has 1 aliphatic heterocycles. The van der Waals surface area contributed by atoms with Crippen LogP contribution in [0.5, 0.6) is 0 Å². The molecule has 34 heavy (non-hydrogen) atoms. The summed E-state index contributed by atoms with van der Waals surface area (Å²) in [6.07, 6.45) is 0.567. The van der Waals surface area contributed by atoms with E-state index in [4.69, 9.17) is 25.8 Å². The molecule has 2 heterocycles. The van der Waals surface area contributed by atoms with Gasteiger partial charge in [-0.15, -0.1) is 0 Å². The first-order chi connectivity index (χ1) is 15.9. The lowest BCUT2D eigenvalue weighted by molar-refractivity contribution is -0.0754. The van der Waals surface area contributed by atoms with Crippen LogP contribution >= 0.6 is 11.6 Å². The van der Waals surface area contributed by atoms with Gasteiger partial charge in [0.25, 0.3) is 0 Å². The van der Waals surface area contributed by atoms with Gasteiger partial charge in [0.15, 0.2) is 5.76 Å². The molecule has 3 rings (SSSR count). The van der Waals surface area contributed by atoms with Crippen LogP contribution in [0, 0.1) is 6.92 Å². The van der Waals surface area contributed by atoms with Gasteiger partial charge in [0.1, 0.15) is 17.8 Å². The molecule has 184 valence electrons. The minimum atomic E-state index is -0.930. The van der Waals surface area contributed by atoms with E-state index in [0.29, 0.717) is 28.6 Å². The minimum absolute atomic E-state index is 0.0264. The van der Waals surface area contributed by atoms with Gasteiger partial charge in [-0.3, -0.25) is 9.67 Å². The SMILES string of the molecule is CCC(C)OC(=O)OC(C)O/C(=C(\c1ccc(C(C)(C)C)cc1)C1C=N1)c1c(Cl)c(C)nn1C. The first-order valence-electron chi connectivity index (χ1n) is 11.5. The van der Waals surface area contributed by atoms with Crippen LogP contribution in [0.3, 0.4) is 0 Å². The number of ether oxygens (including phenoxy) is 3. The van der Waals surface area contributed by atoms with E-state index in [1.807, 2.05) is 20.1 Å². The summed E-state index contributed by atoms with van der Waals surface area (Å²) in [5.41, 5.74) is 4.28. The van der Waals surface area contributed by atoms with Gasteiger partial charge in [-0.05, 0) is 36.8 Å². The van der Waals surface area contributed by atoms with Gasteiger partial charge in [-0.2, -0.15) is 5.10 Å². The van der Waals surface area contributed by atoms with Crippen LogP contribution in [0.25, 0.3) is 11.3 Å². The molecule has 7 nitrogen and oxygen atoms in total. The highest BCUT2D eigenvalue weighted by molar-refractivity contribution is 6.33. The summed E-state index contributed by atoms with van der Waals surface area (Å²) in [4.78, 5) is 16.6. The van der Waals surface area contributed by atoms with Crippen LogP contribution in [0.4, 0.5) is 4.79 Å². The summed E-state index contributed by atoms with van der Waals surface area (Å²) in [5, 5.41) is 4.92. The maximum absolute atomic E-state index is 12.2. The van der Waals surface area contributed by atoms with E-state index in [0.717, 1.165) is 11.1 Å². The Bertz CT molecular complexity index is 1090. The van der Waals surface area contributed by atoms with Crippen LogP contribution in [0.2, 0.25) is 5.02 Å². The maximum atomic E-state index is 12.2. The number of carbonyl (C=O) groups excluding carboxylic acids is 1. The number of aryl methyl sites for hydroxylation is 2. The topological polar surface area (TPSA) is 74.9 Å². The van der Waals surface area contributed by atoms with Crippen LogP contribution in [-0.4, -0.2) is 40.6 Å². The lowest BCUT2D eigenvalue weighted by atomic mass is 9.86. The largest absolute Gasteiger partial charge is 0.511 e. The molecule has 0 spiro atoms. The molecule has 0 saturated carbocycles. The Labute approximate surface area is 206 Å². The van der Waals surface area contributed by atoms with Crippen molar-refractivity contribution in [3.05, 3.63) is 51.8 Å². The predicted molar refractivity (Wildman–Crippen MR) is 135 cm³/mol. The van der Waals surface area contributed by atoms with Crippen molar-refractivity contribution in [3.8, 4) is 0 Å². The second kappa shape index (κ2) is 10.2. The minimum Gasteiger partial charge on any atom is -0.452 e. The van der Waals surface area contributed by atoms with E-state index >= 15 is 0 Å². The Morgan fingerprint density at radius 3 is 2.24 bits per heavy atom. The van der Waals surface area contributed by atoms with E-state index in [1.165, 1.54) is 5.56 Å². The van der Waals surface area contributed by atoms with Gasteiger partial charge >= 0.3 is 6.16 Å². The molecule has 3 atom stereocenters. The molecule has 0 N–H and O–H groups in total. The highest BCUT2D eigenvalue weighted by Crippen LogP contribution is 2.39. The molecule has 0 bridgehead atoms. The van der Waals surface area contributed by atoms with Gasteiger partial charge in [0.05, 0.1) is 10.7 Å². The number of benzene rings is 1. The fourth-order valence-electron chi connectivity index (χ4n) is 3.50. The normalized spacial score (nSPS) is 17.6. The molecular weight excluding hydrogens is 454 g/mol. The molecule has 0 saturated heterocycles. The molecule has 8 heteroatoms. The van der Waals surface area contributed by atoms with Crippen molar-refractivity contribution in [2.24, 2.45) is 12.0 Å². The number of rotatable bonds is 8. The third-order valence-electron chi connectivity index (χ3n) is 5.68. The highest BCUT2D eigenvalue weighted by atomic mass is 35.5. The van der Waals surface area contributed by atoms with Crippen molar-refractivity contribution in [3.63, 3.8) is 0 Å². The molecule has 0 aliphatic carbocycles. The maximum Gasteiger partial charge on any atom is 0.511 e. The van der Waals surface area contributed by atoms with E-state index in [1.54, 1.807) is 25.6 Å². The number of aliphatic imine (C=N–C) groups is 1. The number of nitrogens with zero attached hydrogens (tertiary/aromatic N) is 3. The monoisotopic (exact) mass is 487 g/mol. The van der Waals surface area contributed by atoms with E-state index in [-0.39, 0.29) is 17.6 Å². The van der Waals surface area contributed by atoms with Crippen LogP contribution in [0.1, 0.15) is 70.5 Å². The highest BCUT2D eigenvalue weighted by Gasteiger charge is 2.32. The quantitative estimate of drug-likeness (QED) is 0.247. The number of carbonyl (C=O) groups is 1. The van der Waals surface area contributed by atoms with Crippen molar-refractivity contribution in [1.82, 2.24) is 9.78 Å². The average molecular weight is 488 g/mol. The third-order valence-corrected chi connectivity index (χ3v) is 6.14. The summed E-state index contributed by atoms with van der Waals surface area (Å²) in [7, 11) is 1.80. The first-order valence-corrected chi connectivity index (χ1v) is 11.9. The summed E-state index contributed by atoms with van der Waals surface area (Å²) in [6.45, 7) is 13.7. The Hall–Kier alpha value is -2.80. The van der Waals surface area contributed by atoms with Gasteiger partial charge in [-0.25, -0.2) is 4.79 Å². The second-order valence-corrected chi connectivity index (χ2v) is 9.95. The number of aromatic nitrogens is 2. The van der Waals surface area contributed by atoms with Crippen molar-refractivity contribution in [2.45, 2.75) is 78.7 Å². The van der Waals surface area contributed by atoms with Gasteiger partial charge in [-0.1, -0.05) is 63.6 Å². The summed E-state index contributed by atoms with van der Waals surface area (Å²) in [5.74, 6) is 0.461. The molecule has 0 fully saturated rings. The first kappa shape index (κ1) is 25.8. The Kier molecular flexibility index (Phi) is 7.76. The molecule has 0 amide bonds. The van der Waals surface area contributed by atoms with E-state index in [2.05, 4.69) is 55.1 Å². The molecule has 0 radical (unpaired) electrons. The third kappa shape index (κ3) is 6.00. The van der Waals surface area contributed by atoms with Crippen molar-refractivity contribution in [2.75, 3.05) is 0 Å². The molecule has 2 aromatic rings. The van der Waals surface area contributed by atoms with E-state index < -0.39 is 12.4 Å². The lowest BCUT2D eigenvalue weighted by Gasteiger charge is -2.23. The second-order valence-electron chi connectivity index (χ2n) is 9.57. The van der Waals surface area contributed by atoms with E-state index in [9.17, 15) is 4.79 Å². The Morgan fingerprint density at radius 1 is 1.15 bits per heavy atom. The summed E-state index contributed by atoms with van der Waals surface area (Å²) >= 11 is 6.66. The van der Waals surface area contributed by atoms with Crippen LogP contribution in [-0.2, 0) is 26.7 Å². The average Bonchev–Trinajstić information content (AvgIpc) is 3.54. The lowest BCUT2D eigenvalue weighted by Crippen LogP contribution is -2.23. The molecule has 1 aliphatic rings. The number of hydrogen-bond acceptors (Lipinski definition) is 6. The fourth-order valence-corrected chi connectivity index (χ4v) is 3.75. The fraction of sp³-hybridized carbons (Fsp3) is 0.500. The number of hydrogen-bond donors (Lipinski definition) is 0. The predicted octanol–water partition coefficient (Wildman–Crippen LogP) is 6.32.